The van der Waals surface area contributed by atoms with Crippen LogP contribution in [0.5, 0.6) is 0 Å². The normalized spacial score (nSPS) is 15.6. The van der Waals surface area contributed by atoms with E-state index in [9.17, 15) is 0 Å². The first-order chi connectivity index (χ1) is 14.4. The van der Waals surface area contributed by atoms with Crippen molar-refractivity contribution in [3.63, 3.8) is 0 Å². The molecule has 0 aromatic carbocycles. The number of nitrogens with zero attached hydrogens (tertiary/aromatic N) is 4. The number of hydrogen-bond acceptors (Lipinski definition) is 5. The second-order valence-corrected chi connectivity index (χ2v) is 8.37. The van der Waals surface area contributed by atoms with Gasteiger partial charge in [0.05, 0.1) is 0 Å². The van der Waals surface area contributed by atoms with E-state index in [1.54, 1.807) is 11.9 Å². The first-order valence-electron chi connectivity index (χ1n) is 11.6. The molecule has 2 aromatic heterocycles. The lowest BCUT2D eigenvalue weighted by molar-refractivity contribution is 0.617. The Kier molecular flexibility index (Phi) is 7.09. The Balaban J connectivity index is 1.23. The monoisotopic (exact) mass is 393 g/mol. The second-order valence-electron chi connectivity index (χ2n) is 8.37. The van der Waals surface area contributed by atoms with Crippen molar-refractivity contribution in [1.29, 1.82) is 0 Å². The zero-order chi connectivity index (χ0) is 19.9. The molecule has 4 rings (SSSR count). The summed E-state index contributed by atoms with van der Waals surface area (Å²) in [5.41, 5.74) is 7.09. The van der Waals surface area contributed by atoms with Crippen LogP contribution in [0.1, 0.15) is 67.1 Å². The molecular weight excluding hydrogens is 358 g/mol. The van der Waals surface area contributed by atoms with E-state index in [2.05, 4.69) is 38.2 Å². The summed E-state index contributed by atoms with van der Waals surface area (Å²) in [5.74, 6) is 1.17. The molecule has 1 N–H and O–H groups in total. The number of pyridine rings is 1. The molecule has 5 nitrogen and oxygen atoms in total. The molecule has 0 atom stereocenters. The summed E-state index contributed by atoms with van der Waals surface area (Å²) in [5, 5.41) is 3.65. The lowest BCUT2D eigenvalue weighted by Gasteiger charge is -2.27. The second kappa shape index (κ2) is 10.1. The van der Waals surface area contributed by atoms with Crippen molar-refractivity contribution >= 4 is 5.82 Å². The van der Waals surface area contributed by atoms with Gasteiger partial charge in [-0.3, -0.25) is 4.98 Å². The van der Waals surface area contributed by atoms with Crippen LogP contribution in [-0.2, 0) is 32.1 Å². The molecular formula is C24H35N5. The maximum Gasteiger partial charge on any atom is 0.135 e. The third-order valence-electron chi connectivity index (χ3n) is 6.47. The lowest BCUT2D eigenvalue weighted by atomic mass is 9.91. The van der Waals surface area contributed by atoms with E-state index in [0.29, 0.717) is 0 Å². The van der Waals surface area contributed by atoms with Crippen LogP contribution in [0.3, 0.4) is 0 Å². The molecule has 0 aliphatic heterocycles. The van der Waals surface area contributed by atoms with Gasteiger partial charge in [-0.25, -0.2) is 9.97 Å². The van der Waals surface area contributed by atoms with Gasteiger partial charge in [0, 0.05) is 42.8 Å². The van der Waals surface area contributed by atoms with Gasteiger partial charge in [-0.1, -0.05) is 0 Å². The molecule has 29 heavy (non-hydrogen) atoms. The van der Waals surface area contributed by atoms with E-state index in [0.717, 1.165) is 45.4 Å². The highest BCUT2D eigenvalue weighted by atomic mass is 15.2. The number of rotatable bonds is 9. The minimum Gasteiger partial charge on any atom is -0.355 e. The standard InChI is InChI=1S/C24H35N5/c1-2-29(24-21-10-4-6-12-23(21)27-18-28-24)17-16-25-14-7-8-19-13-15-26-22-11-5-3-9-20(19)22/h13,15,18,25H,2-12,14,16-17H2,1H3. The van der Waals surface area contributed by atoms with E-state index < -0.39 is 0 Å². The molecule has 156 valence electrons. The molecule has 0 fully saturated rings. The average Bonchev–Trinajstić information content (AvgIpc) is 2.78. The number of fused-ring (bicyclic) bond motifs is 2. The van der Waals surface area contributed by atoms with Crippen LogP contribution in [0.25, 0.3) is 0 Å². The van der Waals surface area contributed by atoms with Crippen LogP contribution in [-0.4, -0.2) is 41.1 Å². The van der Waals surface area contributed by atoms with Crippen molar-refractivity contribution in [3.8, 4) is 0 Å². The van der Waals surface area contributed by atoms with Gasteiger partial charge < -0.3 is 10.2 Å². The number of aryl methyl sites for hydroxylation is 3. The minimum atomic E-state index is 0.994. The Morgan fingerprint density at radius 3 is 2.48 bits per heavy atom. The SMILES string of the molecule is CCN(CCNCCCc1ccnc2c1CCCC2)c1ncnc2c1CCCC2. The predicted molar refractivity (Wildman–Crippen MR) is 119 cm³/mol. The van der Waals surface area contributed by atoms with E-state index in [1.807, 2.05) is 6.20 Å². The fourth-order valence-corrected chi connectivity index (χ4v) is 4.86. The summed E-state index contributed by atoms with van der Waals surface area (Å²) in [7, 11) is 0. The number of likely N-dealkylation sites (N-methyl/N-ethyl adjacent to an activating group) is 1. The van der Waals surface area contributed by atoms with Crippen LogP contribution < -0.4 is 10.2 Å². The van der Waals surface area contributed by atoms with Gasteiger partial charge in [-0.15, -0.1) is 0 Å². The minimum absolute atomic E-state index is 0.994. The van der Waals surface area contributed by atoms with Crippen LogP contribution in [0.15, 0.2) is 18.6 Å². The third kappa shape index (κ3) is 4.95. The third-order valence-corrected chi connectivity index (χ3v) is 6.47. The van der Waals surface area contributed by atoms with E-state index >= 15 is 0 Å². The fraction of sp³-hybridized carbons (Fsp3) is 0.625. The van der Waals surface area contributed by atoms with E-state index in [1.165, 1.54) is 73.3 Å². The number of nitrogens with one attached hydrogen (secondary N) is 1. The Morgan fingerprint density at radius 2 is 1.66 bits per heavy atom. The van der Waals surface area contributed by atoms with Gasteiger partial charge in [0.1, 0.15) is 12.1 Å². The molecule has 2 aliphatic rings. The molecule has 5 heteroatoms. The van der Waals surface area contributed by atoms with Gasteiger partial charge in [0.2, 0.25) is 0 Å². The molecule has 2 aliphatic carbocycles. The van der Waals surface area contributed by atoms with Crippen molar-refractivity contribution < 1.29 is 0 Å². The zero-order valence-electron chi connectivity index (χ0n) is 17.9. The molecule has 0 bridgehead atoms. The molecule has 0 radical (unpaired) electrons. The van der Waals surface area contributed by atoms with Gasteiger partial charge >= 0.3 is 0 Å². The average molecular weight is 394 g/mol. The van der Waals surface area contributed by atoms with Crippen molar-refractivity contribution in [3.05, 3.63) is 46.7 Å². The summed E-state index contributed by atoms with van der Waals surface area (Å²) in [4.78, 5) is 16.2. The molecule has 2 heterocycles. The summed E-state index contributed by atoms with van der Waals surface area (Å²) >= 11 is 0. The molecule has 0 unspecified atom stereocenters. The van der Waals surface area contributed by atoms with E-state index in [4.69, 9.17) is 0 Å². The highest BCUT2D eigenvalue weighted by Gasteiger charge is 2.19. The Morgan fingerprint density at radius 1 is 0.897 bits per heavy atom. The molecule has 0 saturated carbocycles. The highest BCUT2D eigenvalue weighted by Crippen LogP contribution is 2.27. The van der Waals surface area contributed by atoms with Crippen LogP contribution in [0, 0.1) is 0 Å². The van der Waals surface area contributed by atoms with Crippen molar-refractivity contribution in [1.82, 2.24) is 20.3 Å². The Hall–Kier alpha value is -2.01. The van der Waals surface area contributed by atoms with Gasteiger partial charge in [-0.05, 0) is 94.9 Å². The van der Waals surface area contributed by atoms with Crippen molar-refractivity contribution in [2.24, 2.45) is 0 Å². The molecule has 0 amide bonds. The lowest BCUT2D eigenvalue weighted by Crippen LogP contribution is -2.34. The summed E-state index contributed by atoms with van der Waals surface area (Å²) in [6, 6.07) is 2.24. The maximum absolute atomic E-state index is 4.64. The van der Waals surface area contributed by atoms with Crippen LogP contribution in [0.4, 0.5) is 5.82 Å². The Bertz CT molecular complexity index is 804. The fourth-order valence-electron chi connectivity index (χ4n) is 4.86. The summed E-state index contributed by atoms with van der Waals surface area (Å²) in [6.45, 7) is 6.29. The van der Waals surface area contributed by atoms with Crippen molar-refractivity contribution in [2.45, 2.75) is 71.1 Å². The zero-order valence-corrected chi connectivity index (χ0v) is 17.9. The van der Waals surface area contributed by atoms with Gasteiger partial charge in [0.15, 0.2) is 0 Å². The largest absolute Gasteiger partial charge is 0.355 e. The number of anilines is 1. The molecule has 0 spiro atoms. The number of hydrogen-bond donors (Lipinski definition) is 1. The predicted octanol–water partition coefficient (Wildman–Crippen LogP) is 3.68. The summed E-state index contributed by atoms with van der Waals surface area (Å²) < 4.78 is 0. The molecule has 0 saturated heterocycles. The first kappa shape index (κ1) is 20.3. The van der Waals surface area contributed by atoms with Gasteiger partial charge in [0.25, 0.3) is 0 Å². The first-order valence-corrected chi connectivity index (χ1v) is 11.6. The summed E-state index contributed by atoms with van der Waals surface area (Å²) in [6.07, 6.45) is 15.9. The van der Waals surface area contributed by atoms with Crippen LogP contribution >= 0.6 is 0 Å². The maximum atomic E-state index is 4.64. The topological polar surface area (TPSA) is 53.9 Å². The van der Waals surface area contributed by atoms with Gasteiger partial charge in [-0.2, -0.15) is 0 Å². The quantitative estimate of drug-likeness (QED) is 0.659. The highest BCUT2D eigenvalue weighted by molar-refractivity contribution is 5.49. The van der Waals surface area contributed by atoms with Crippen LogP contribution in [0.2, 0.25) is 0 Å². The number of aromatic nitrogens is 3. The molecule has 2 aromatic rings. The van der Waals surface area contributed by atoms with E-state index in [-0.39, 0.29) is 0 Å². The van der Waals surface area contributed by atoms with Crippen molar-refractivity contribution in [2.75, 3.05) is 31.1 Å². The smallest absolute Gasteiger partial charge is 0.135 e. The Labute approximate surface area is 175 Å².